The second-order valence-corrected chi connectivity index (χ2v) is 4.93. The number of aliphatic imine (C=N–C) groups is 2. The Morgan fingerprint density at radius 1 is 1.17 bits per heavy atom. The Labute approximate surface area is 133 Å². The summed E-state index contributed by atoms with van der Waals surface area (Å²) in [6.45, 7) is 5.86. The minimum Gasteiger partial charge on any atom is -0.465 e. The second kappa shape index (κ2) is 7.70. The topological polar surface area (TPSA) is 101 Å². The van der Waals surface area contributed by atoms with Crippen LogP contribution < -0.4 is 0 Å². The van der Waals surface area contributed by atoms with Gasteiger partial charge in [0.2, 0.25) is 5.96 Å². The first-order valence-electron chi connectivity index (χ1n) is 7.56. The quantitative estimate of drug-likeness (QED) is 0.531. The van der Waals surface area contributed by atoms with Gasteiger partial charge in [-0.2, -0.15) is 4.99 Å². The number of carbonyl (C=O) groups is 3. The molecule has 0 N–H and O–H groups in total. The van der Waals surface area contributed by atoms with E-state index in [1.165, 1.54) is 6.21 Å². The van der Waals surface area contributed by atoms with E-state index in [2.05, 4.69) is 9.98 Å². The van der Waals surface area contributed by atoms with E-state index in [1.54, 1.807) is 23.6 Å². The number of carbonyl (C=O) groups excluding carboxylic acids is 3. The van der Waals surface area contributed by atoms with Gasteiger partial charge in [0, 0.05) is 32.4 Å². The van der Waals surface area contributed by atoms with Crippen LogP contribution in [0.4, 0.5) is 4.79 Å². The molecular formula is C14H20N4O5. The van der Waals surface area contributed by atoms with Crippen LogP contribution in [0.3, 0.4) is 0 Å². The molecule has 2 aliphatic heterocycles. The maximum atomic E-state index is 11.9. The van der Waals surface area contributed by atoms with Crippen LogP contribution in [0.25, 0.3) is 0 Å². The van der Waals surface area contributed by atoms with Crippen molar-refractivity contribution in [3.63, 3.8) is 0 Å². The highest BCUT2D eigenvalue weighted by molar-refractivity contribution is 6.18. The Morgan fingerprint density at radius 2 is 1.83 bits per heavy atom. The minimum atomic E-state index is -1.07. The monoisotopic (exact) mass is 324 g/mol. The molecule has 1 atom stereocenters. The number of esters is 1. The van der Waals surface area contributed by atoms with E-state index < -0.39 is 17.8 Å². The third kappa shape index (κ3) is 4.05. The summed E-state index contributed by atoms with van der Waals surface area (Å²) in [6, 6.07) is 0. The summed E-state index contributed by atoms with van der Waals surface area (Å²) in [5, 5.41) is 0. The number of amides is 2. The Hall–Kier alpha value is -2.45. The molecule has 23 heavy (non-hydrogen) atoms. The number of hydrogen-bond donors (Lipinski definition) is 0. The first-order valence-corrected chi connectivity index (χ1v) is 7.56. The average molecular weight is 324 g/mol. The first-order chi connectivity index (χ1) is 11.1. The molecule has 126 valence electrons. The van der Waals surface area contributed by atoms with Crippen LogP contribution >= 0.6 is 0 Å². The fourth-order valence-corrected chi connectivity index (χ4v) is 2.25. The number of hydrogen-bond acceptors (Lipinski definition) is 7. The van der Waals surface area contributed by atoms with Crippen LogP contribution in [0.15, 0.2) is 9.98 Å². The van der Waals surface area contributed by atoms with Crippen molar-refractivity contribution in [2.24, 2.45) is 15.9 Å². The van der Waals surface area contributed by atoms with Crippen molar-refractivity contribution in [2.75, 3.05) is 39.4 Å². The van der Waals surface area contributed by atoms with Gasteiger partial charge in [0.05, 0.1) is 13.2 Å². The molecule has 2 heterocycles. The van der Waals surface area contributed by atoms with Crippen molar-refractivity contribution in [3.05, 3.63) is 0 Å². The molecule has 0 aromatic heterocycles. The fourth-order valence-electron chi connectivity index (χ4n) is 2.25. The lowest BCUT2D eigenvalue weighted by atomic mass is 10.1. The van der Waals surface area contributed by atoms with Crippen LogP contribution in [0.2, 0.25) is 0 Å². The zero-order valence-corrected chi connectivity index (χ0v) is 13.2. The van der Waals surface area contributed by atoms with Gasteiger partial charge in [-0.3, -0.25) is 9.59 Å². The van der Waals surface area contributed by atoms with Crippen molar-refractivity contribution in [3.8, 4) is 0 Å². The highest BCUT2D eigenvalue weighted by atomic mass is 16.6. The van der Waals surface area contributed by atoms with Gasteiger partial charge in [-0.1, -0.05) is 0 Å². The molecule has 2 amide bonds. The molecule has 2 aliphatic rings. The Bertz CT molecular complexity index is 537. The van der Waals surface area contributed by atoms with Gasteiger partial charge in [-0.05, 0) is 13.8 Å². The van der Waals surface area contributed by atoms with Crippen molar-refractivity contribution in [2.45, 2.75) is 13.8 Å². The van der Waals surface area contributed by atoms with Gasteiger partial charge in [-0.15, -0.1) is 0 Å². The second-order valence-electron chi connectivity index (χ2n) is 4.93. The number of nitrogens with zero attached hydrogens (tertiary/aromatic N) is 4. The van der Waals surface area contributed by atoms with E-state index in [4.69, 9.17) is 9.47 Å². The molecule has 1 unspecified atom stereocenters. The fraction of sp³-hybridized carbons (Fsp3) is 0.643. The predicted molar refractivity (Wildman–Crippen MR) is 81.2 cm³/mol. The molecule has 0 aromatic rings. The molecule has 1 saturated heterocycles. The highest BCUT2D eigenvalue weighted by Gasteiger charge is 2.32. The van der Waals surface area contributed by atoms with Gasteiger partial charge >= 0.3 is 12.1 Å². The zero-order valence-electron chi connectivity index (χ0n) is 13.2. The van der Waals surface area contributed by atoms with Gasteiger partial charge < -0.3 is 19.3 Å². The molecule has 0 bridgehead atoms. The maximum absolute atomic E-state index is 11.9. The van der Waals surface area contributed by atoms with Crippen molar-refractivity contribution in [1.29, 1.82) is 0 Å². The van der Waals surface area contributed by atoms with Gasteiger partial charge in [0.25, 0.3) is 5.91 Å². The van der Waals surface area contributed by atoms with Crippen LogP contribution in [0.5, 0.6) is 0 Å². The third-order valence-electron chi connectivity index (χ3n) is 3.44. The van der Waals surface area contributed by atoms with E-state index in [0.29, 0.717) is 32.8 Å². The molecule has 0 spiro atoms. The van der Waals surface area contributed by atoms with Crippen molar-refractivity contribution in [1.82, 2.24) is 9.80 Å². The summed E-state index contributed by atoms with van der Waals surface area (Å²) >= 11 is 0. The Balaban J connectivity index is 1.91. The van der Waals surface area contributed by atoms with Gasteiger partial charge in [0.15, 0.2) is 5.92 Å². The van der Waals surface area contributed by atoms with Gasteiger partial charge in [0.1, 0.15) is 0 Å². The molecule has 9 heteroatoms. The average Bonchev–Trinajstić information content (AvgIpc) is 2.55. The lowest BCUT2D eigenvalue weighted by Gasteiger charge is -2.34. The van der Waals surface area contributed by atoms with Crippen LogP contribution in [0, 0.1) is 5.92 Å². The standard InChI is InChI=1S/C14H20N4O5/c1-3-22-12(20)10-9-15-13(16-11(10)19)17-5-7-18(8-6-17)14(21)23-4-2/h9-10H,3-8H2,1-2H3. The minimum absolute atomic E-state index is 0.197. The smallest absolute Gasteiger partial charge is 0.409 e. The van der Waals surface area contributed by atoms with E-state index in [9.17, 15) is 14.4 Å². The normalized spacial score (nSPS) is 21.0. The summed E-state index contributed by atoms with van der Waals surface area (Å²) in [4.78, 5) is 46.5. The number of ether oxygens (including phenoxy) is 2. The number of guanidine groups is 1. The van der Waals surface area contributed by atoms with E-state index in [1.807, 2.05) is 0 Å². The SMILES string of the molecule is CCOC(=O)C1C=NC(N2CCN(C(=O)OCC)CC2)=NC1=O. The molecule has 9 nitrogen and oxygen atoms in total. The summed E-state index contributed by atoms with van der Waals surface area (Å²) in [7, 11) is 0. The first kappa shape index (κ1) is 16.9. The van der Waals surface area contributed by atoms with Crippen molar-refractivity contribution < 1.29 is 23.9 Å². The van der Waals surface area contributed by atoms with E-state index in [0.717, 1.165) is 0 Å². The molecule has 0 aliphatic carbocycles. The number of rotatable bonds is 3. The number of piperazine rings is 1. The van der Waals surface area contributed by atoms with Crippen molar-refractivity contribution >= 4 is 30.1 Å². The summed E-state index contributed by atoms with van der Waals surface area (Å²) < 4.78 is 9.75. The Kier molecular flexibility index (Phi) is 5.67. The van der Waals surface area contributed by atoms with Crippen LogP contribution in [-0.2, 0) is 19.1 Å². The summed E-state index contributed by atoms with van der Waals surface area (Å²) in [6.07, 6.45) is 0.917. The third-order valence-corrected chi connectivity index (χ3v) is 3.44. The lowest BCUT2D eigenvalue weighted by Crippen LogP contribution is -2.51. The lowest BCUT2D eigenvalue weighted by molar-refractivity contribution is -0.148. The van der Waals surface area contributed by atoms with Gasteiger partial charge in [-0.25, -0.2) is 9.79 Å². The molecule has 0 radical (unpaired) electrons. The Morgan fingerprint density at radius 3 is 2.39 bits per heavy atom. The highest BCUT2D eigenvalue weighted by Crippen LogP contribution is 2.11. The molecule has 1 fully saturated rings. The molecule has 0 saturated carbocycles. The van der Waals surface area contributed by atoms with E-state index >= 15 is 0 Å². The largest absolute Gasteiger partial charge is 0.465 e. The van der Waals surface area contributed by atoms with Crippen LogP contribution in [0.1, 0.15) is 13.8 Å². The molecule has 0 aromatic carbocycles. The zero-order chi connectivity index (χ0) is 16.8. The summed E-state index contributed by atoms with van der Waals surface area (Å²) in [5.41, 5.74) is 0. The summed E-state index contributed by atoms with van der Waals surface area (Å²) in [5.74, 6) is -2.03. The predicted octanol–water partition coefficient (Wildman–Crippen LogP) is -0.0932. The van der Waals surface area contributed by atoms with Crippen LogP contribution in [-0.4, -0.2) is 79.3 Å². The van der Waals surface area contributed by atoms with E-state index in [-0.39, 0.29) is 18.7 Å². The molecule has 2 rings (SSSR count). The molecular weight excluding hydrogens is 304 g/mol. The maximum Gasteiger partial charge on any atom is 0.409 e.